The topological polar surface area (TPSA) is 24.9 Å². The average molecular weight is 262 g/mol. The molecule has 0 bridgehead atoms. The van der Waals surface area contributed by atoms with Crippen molar-refractivity contribution < 1.29 is 0 Å². The normalized spacial score (nSPS) is 10.6. The smallest absolute Gasteiger partial charge is 0.125 e. The molecule has 0 fully saturated rings. The molecule has 0 atom stereocenters. The first-order chi connectivity index (χ1) is 9.43. The summed E-state index contributed by atoms with van der Waals surface area (Å²) in [6, 6.07) is 6.00. The van der Waals surface area contributed by atoms with Crippen LogP contribution in [0.5, 0.6) is 0 Å². The van der Waals surface area contributed by atoms with Crippen LogP contribution in [0.3, 0.4) is 0 Å². The molecule has 0 aliphatic carbocycles. The monoisotopic (exact) mass is 262 g/mol. The number of nitrogens with one attached hydrogen (secondary N) is 1. The Morgan fingerprint density at radius 1 is 0.842 bits per heavy atom. The lowest BCUT2D eigenvalue weighted by molar-refractivity contribution is 0.560. The minimum Gasteiger partial charge on any atom is -0.370 e. The van der Waals surface area contributed by atoms with E-state index < -0.39 is 0 Å². The first kappa shape index (κ1) is 16.0. The minimum atomic E-state index is 0.999. The van der Waals surface area contributed by atoms with Crippen molar-refractivity contribution in [3.05, 3.63) is 24.4 Å². The molecule has 0 aliphatic rings. The molecule has 2 heteroatoms. The number of unbranched alkanes of at least 4 members (excludes halogenated alkanes) is 9. The molecular formula is C17H30N2. The number of hydrogen-bond acceptors (Lipinski definition) is 2. The molecule has 0 saturated carbocycles. The van der Waals surface area contributed by atoms with Crippen molar-refractivity contribution >= 4 is 5.82 Å². The summed E-state index contributed by atoms with van der Waals surface area (Å²) in [5.74, 6) is 0.999. The fourth-order valence-electron chi connectivity index (χ4n) is 2.30. The van der Waals surface area contributed by atoms with Crippen molar-refractivity contribution in [3.8, 4) is 0 Å². The van der Waals surface area contributed by atoms with E-state index >= 15 is 0 Å². The maximum Gasteiger partial charge on any atom is 0.125 e. The van der Waals surface area contributed by atoms with Gasteiger partial charge in [0.05, 0.1) is 0 Å². The van der Waals surface area contributed by atoms with Crippen LogP contribution in [0, 0.1) is 0 Å². The summed E-state index contributed by atoms with van der Waals surface area (Å²) < 4.78 is 0. The average Bonchev–Trinajstić information content (AvgIpc) is 2.46. The zero-order chi connectivity index (χ0) is 13.6. The van der Waals surface area contributed by atoms with Crippen LogP contribution in [-0.2, 0) is 0 Å². The molecule has 0 saturated heterocycles. The second-order valence-corrected chi connectivity index (χ2v) is 5.32. The van der Waals surface area contributed by atoms with E-state index in [-0.39, 0.29) is 0 Å². The molecule has 0 radical (unpaired) electrons. The summed E-state index contributed by atoms with van der Waals surface area (Å²) in [7, 11) is 0. The Morgan fingerprint density at radius 3 is 2.05 bits per heavy atom. The minimum absolute atomic E-state index is 0.999. The van der Waals surface area contributed by atoms with Crippen molar-refractivity contribution in [2.45, 2.75) is 71.1 Å². The number of rotatable bonds is 12. The Hall–Kier alpha value is -1.05. The highest BCUT2D eigenvalue weighted by Crippen LogP contribution is 2.10. The summed E-state index contributed by atoms with van der Waals surface area (Å²) in [5.41, 5.74) is 0. The van der Waals surface area contributed by atoms with E-state index in [0.717, 1.165) is 12.4 Å². The van der Waals surface area contributed by atoms with Gasteiger partial charge in [-0.2, -0.15) is 0 Å². The van der Waals surface area contributed by atoms with Crippen molar-refractivity contribution in [1.82, 2.24) is 4.98 Å². The van der Waals surface area contributed by atoms with E-state index in [1.54, 1.807) is 0 Å². The number of aromatic nitrogens is 1. The van der Waals surface area contributed by atoms with Crippen LogP contribution in [0.2, 0.25) is 0 Å². The van der Waals surface area contributed by atoms with Gasteiger partial charge in [0.2, 0.25) is 0 Å². The van der Waals surface area contributed by atoms with Crippen molar-refractivity contribution in [1.29, 1.82) is 0 Å². The zero-order valence-corrected chi connectivity index (χ0v) is 12.5. The Kier molecular flexibility index (Phi) is 10.1. The van der Waals surface area contributed by atoms with E-state index in [4.69, 9.17) is 0 Å². The van der Waals surface area contributed by atoms with E-state index in [1.165, 1.54) is 64.2 Å². The zero-order valence-electron chi connectivity index (χ0n) is 12.5. The molecule has 0 amide bonds. The SMILES string of the molecule is CCCCCCCCCCCCNc1ccccn1. The Bertz CT molecular complexity index is 285. The first-order valence-electron chi connectivity index (χ1n) is 8.08. The van der Waals surface area contributed by atoms with E-state index in [2.05, 4.69) is 17.2 Å². The highest BCUT2D eigenvalue weighted by atomic mass is 15.0. The highest BCUT2D eigenvalue weighted by molar-refractivity contribution is 5.32. The summed E-state index contributed by atoms with van der Waals surface area (Å²) in [6.07, 6.45) is 15.7. The van der Waals surface area contributed by atoms with Crippen LogP contribution < -0.4 is 5.32 Å². The van der Waals surface area contributed by atoms with E-state index in [1.807, 2.05) is 24.4 Å². The lowest BCUT2D eigenvalue weighted by Crippen LogP contribution is -2.02. The summed E-state index contributed by atoms with van der Waals surface area (Å²) in [5, 5.41) is 3.36. The molecule has 19 heavy (non-hydrogen) atoms. The molecule has 108 valence electrons. The predicted octanol–water partition coefficient (Wildman–Crippen LogP) is 5.41. The second-order valence-electron chi connectivity index (χ2n) is 5.32. The number of hydrogen-bond donors (Lipinski definition) is 1. The lowest BCUT2D eigenvalue weighted by Gasteiger charge is -2.05. The van der Waals surface area contributed by atoms with Crippen molar-refractivity contribution in [2.24, 2.45) is 0 Å². The van der Waals surface area contributed by atoms with E-state index in [9.17, 15) is 0 Å². The van der Waals surface area contributed by atoms with Crippen LogP contribution in [0.4, 0.5) is 5.82 Å². The van der Waals surface area contributed by atoms with Gasteiger partial charge >= 0.3 is 0 Å². The molecule has 1 rings (SSSR count). The molecule has 1 aromatic rings. The summed E-state index contributed by atoms with van der Waals surface area (Å²) >= 11 is 0. The Labute approximate surface area is 119 Å². The fourth-order valence-corrected chi connectivity index (χ4v) is 2.30. The number of nitrogens with zero attached hydrogens (tertiary/aromatic N) is 1. The molecule has 1 N–H and O–H groups in total. The van der Waals surface area contributed by atoms with Gasteiger partial charge in [0.25, 0.3) is 0 Å². The van der Waals surface area contributed by atoms with Crippen LogP contribution in [0.25, 0.3) is 0 Å². The second kappa shape index (κ2) is 12.0. The maximum atomic E-state index is 4.25. The van der Waals surface area contributed by atoms with Crippen molar-refractivity contribution in [3.63, 3.8) is 0 Å². The highest BCUT2D eigenvalue weighted by Gasteiger charge is 1.93. The van der Waals surface area contributed by atoms with Crippen LogP contribution >= 0.6 is 0 Å². The lowest BCUT2D eigenvalue weighted by atomic mass is 10.1. The largest absolute Gasteiger partial charge is 0.370 e. The molecule has 0 aromatic carbocycles. The van der Waals surface area contributed by atoms with Gasteiger partial charge in [-0.1, -0.05) is 70.8 Å². The maximum absolute atomic E-state index is 4.25. The Balaban J connectivity index is 1.79. The van der Waals surface area contributed by atoms with Crippen LogP contribution in [0.15, 0.2) is 24.4 Å². The number of pyridine rings is 1. The van der Waals surface area contributed by atoms with Gasteiger partial charge in [0.15, 0.2) is 0 Å². The first-order valence-corrected chi connectivity index (χ1v) is 8.08. The third-order valence-corrected chi connectivity index (χ3v) is 3.50. The fraction of sp³-hybridized carbons (Fsp3) is 0.706. The van der Waals surface area contributed by atoms with Crippen molar-refractivity contribution in [2.75, 3.05) is 11.9 Å². The molecule has 2 nitrogen and oxygen atoms in total. The van der Waals surface area contributed by atoms with Gasteiger partial charge in [-0.15, -0.1) is 0 Å². The van der Waals surface area contributed by atoms with Gasteiger partial charge in [-0.25, -0.2) is 4.98 Å². The molecule has 0 spiro atoms. The summed E-state index contributed by atoms with van der Waals surface area (Å²) in [6.45, 7) is 3.33. The quantitative estimate of drug-likeness (QED) is 0.509. The standard InChI is InChI=1S/C17H30N2/c1-2-3-4-5-6-7-8-9-10-12-15-18-17-14-11-13-16-19-17/h11,13-14,16H,2-10,12,15H2,1H3,(H,18,19). The van der Waals surface area contributed by atoms with Gasteiger partial charge in [-0.05, 0) is 18.6 Å². The Morgan fingerprint density at radius 2 is 1.47 bits per heavy atom. The molecular weight excluding hydrogens is 232 g/mol. The number of anilines is 1. The molecule has 0 aliphatic heterocycles. The van der Waals surface area contributed by atoms with Gasteiger partial charge in [-0.3, -0.25) is 0 Å². The third kappa shape index (κ3) is 9.52. The summed E-state index contributed by atoms with van der Waals surface area (Å²) in [4.78, 5) is 4.25. The third-order valence-electron chi connectivity index (χ3n) is 3.50. The molecule has 1 aromatic heterocycles. The molecule has 1 heterocycles. The van der Waals surface area contributed by atoms with Crippen LogP contribution in [-0.4, -0.2) is 11.5 Å². The van der Waals surface area contributed by atoms with Gasteiger partial charge < -0.3 is 5.32 Å². The van der Waals surface area contributed by atoms with Crippen LogP contribution in [0.1, 0.15) is 71.1 Å². The molecule has 0 unspecified atom stereocenters. The van der Waals surface area contributed by atoms with Gasteiger partial charge in [0, 0.05) is 12.7 Å². The van der Waals surface area contributed by atoms with Gasteiger partial charge in [0.1, 0.15) is 5.82 Å². The predicted molar refractivity (Wildman–Crippen MR) is 84.6 cm³/mol. The van der Waals surface area contributed by atoms with E-state index in [0.29, 0.717) is 0 Å².